The zero-order chi connectivity index (χ0) is 18.2. The molecule has 2 fully saturated rings. The van der Waals surface area contributed by atoms with Crippen molar-refractivity contribution in [1.82, 2.24) is 15.1 Å². The van der Waals surface area contributed by atoms with Gasteiger partial charge in [0.2, 0.25) is 0 Å². The minimum Gasteiger partial charge on any atom is -0.383 e. The fourth-order valence-electron chi connectivity index (χ4n) is 3.81. The summed E-state index contributed by atoms with van der Waals surface area (Å²) in [5.74, 6) is 1.08. The highest BCUT2D eigenvalue weighted by Crippen LogP contribution is 2.22. The van der Waals surface area contributed by atoms with Crippen LogP contribution in [0.2, 0.25) is 0 Å². The van der Waals surface area contributed by atoms with Crippen molar-refractivity contribution in [2.45, 2.75) is 25.8 Å². The van der Waals surface area contributed by atoms with Crippen LogP contribution in [0.1, 0.15) is 19.8 Å². The van der Waals surface area contributed by atoms with Gasteiger partial charge in [-0.1, -0.05) is 0 Å². The SMILES string of the molecule is CCNC(=NCC1CCCN1CCOC)N1CCN(c2cccs2)CC1. The Morgan fingerprint density at radius 3 is 2.85 bits per heavy atom. The van der Waals surface area contributed by atoms with Crippen LogP contribution in [0.15, 0.2) is 22.5 Å². The van der Waals surface area contributed by atoms with Gasteiger partial charge in [0, 0.05) is 52.4 Å². The average molecular weight is 380 g/mol. The van der Waals surface area contributed by atoms with Crippen molar-refractivity contribution in [2.24, 2.45) is 4.99 Å². The molecule has 1 N–H and O–H groups in total. The Morgan fingerprint density at radius 1 is 1.31 bits per heavy atom. The van der Waals surface area contributed by atoms with Gasteiger partial charge in [0.25, 0.3) is 0 Å². The van der Waals surface area contributed by atoms with Crippen LogP contribution >= 0.6 is 11.3 Å². The molecule has 7 heteroatoms. The zero-order valence-electron chi connectivity index (χ0n) is 16.2. The lowest BCUT2D eigenvalue weighted by Crippen LogP contribution is -2.52. The Labute approximate surface area is 161 Å². The number of rotatable bonds is 7. The maximum absolute atomic E-state index is 5.25. The monoisotopic (exact) mass is 379 g/mol. The van der Waals surface area contributed by atoms with Crippen LogP contribution < -0.4 is 10.2 Å². The summed E-state index contributed by atoms with van der Waals surface area (Å²) in [5.41, 5.74) is 0. The third-order valence-electron chi connectivity index (χ3n) is 5.27. The first kappa shape index (κ1) is 19.5. The van der Waals surface area contributed by atoms with Crippen LogP contribution in [0.3, 0.4) is 0 Å². The van der Waals surface area contributed by atoms with Crippen molar-refractivity contribution < 1.29 is 4.74 Å². The molecule has 2 saturated heterocycles. The molecule has 2 aliphatic rings. The fourth-order valence-corrected chi connectivity index (χ4v) is 4.60. The second kappa shape index (κ2) is 10.1. The molecular weight excluding hydrogens is 346 g/mol. The molecule has 0 aromatic carbocycles. The number of hydrogen-bond donors (Lipinski definition) is 1. The standard InChI is InChI=1S/C19H33N5OS/c1-3-20-19(21-16-17-6-4-8-22(17)13-14-25-2)24-11-9-23(10-12-24)18-7-5-15-26-18/h5,7,15,17H,3-4,6,8-14,16H2,1-2H3,(H,20,21). The summed E-state index contributed by atoms with van der Waals surface area (Å²) in [5, 5.41) is 7.04. The number of ether oxygens (including phenoxy) is 1. The topological polar surface area (TPSA) is 43.3 Å². The number of guanidine groups is 1. The van der Waals surface area contributed by atoms with Crippen LogP contribution in [0.25, 0.3) is 0 Å². The molecule has 6 nitrogen and oxygen atoms in total. The largest absolute Gasteiger partial charge is 0.383 e. The van der Waals surface area contributed by atoms with E-state index >= 15 is 0 Å². The fraction of sp³-hybridized carbons (Fsp3) is 0.737. The van der Waals surface area contributed by atoms with Gasteiger partial charge >= 0.3 is 0 Å². The van der Waals surface area contributed by atoms with Crippen LogP contribution in [0.4, 0.5) is 5.00 Å². The Bertz CT molecular complexity index is 542. The summed E-state index contributed by atoms with van der Waals surface area (Å²) in [6.07, 6.45) is 2.53. The van der Waals surface area contributed by atoms with Crippen LogP contribution in [0, 0.1) is 0 Å². The van der Waals surface area contributed by atoms with Gasteiger partial charge in [-0.3, -0.25) is 9.89 Å². The second-order valence-corrected chi connectivity index (χ2v) is 7.87. The smallest absolute Gasteiger partial charge is 0.194 e. The predicted molar refractivity (Wildman–Crippen MR) is 111 cm³/mol. The molecule has 3 rings (SSSR count). The molecule has 146 valence electrons. The van der Waals surface area contributed by atoms with Crippen LogP contribution in [-0.2, 0) is 4.74 Å². The van der Waals surface area contributed by atoms with Crippen LogP contribution in [-0.4, -0.2) is 87.9 Å². The predicted octanol–water partition coefficient (Wildman–Crippen LogP) is 1.95. The lowest BCUT2D eigenvalue weighted by molar-refractivity contribution is 0.142. The molecule has 0 bridgehead atoms. The van der Waals surface area contributed by atoms with Crippen molar-refractivity contribution in [1.29, 1.82) is 0 Å². The Kier molecular flexibility index (Phi) is 7.58. The molecule has 0 radical (unpaired) electrons. The Balaban J connectivity index is 1.54. The summed E-state index contributed by atoms with van der Waals surface area (Å²) < 4.78 is 5.25. The first-order valence-electron chi connectivity index (χ1n) is 9.86. The second-order valence-electron chi connectivity index (χ2n) is 6.94. The van der Waals surface area contributed by atoms with Crippen molar-refractivity contribution in [3.05, 3.63) is 17.5 Å². The first-order valence-corrected chi connectivity index (χ1v) is 10.7. The normalized spacial score (nSPS) is 22.2. The van der Waals surface area contributed by atoms with Gasteiger partial charge < -0.3 is 19.9 Å². The molecule has 1 aromatic rings. The summed E-state index contributed by atoms with van der Waals surface area (Å²) in [4.78, 5) is 12.4. The number of hydrogen-bond acceptors (Lipinski definition) is 5. The molecule has 1 aromatic heterocycles. The van der Waals surface area contributed by atoms with Gasteiger partial charge in [-0.15, -0.1) is 11.3 Å². The number of piperazine rings is 1. The number of thiophene rings is 1. The lowest BCUT2D eigenvalue weighted by atomic mass is 10.2. The summed E-state index contributed by atoms with van der Waals surface area (Å²) in [6.45, 7) is 11.2. The first-order chi connectivity index (χ1) is 12.8. The van der Waals surface area contributed by atoms with Gasteiger partial charge in [0.15, 0.2) is 5.96 Å². The van der Waals surface area contributed by atoms with E-state index in [-0.39, 0.29) is 0 Å². The number of nitrogens with one attached hydrogen (secondary N) is 1. The number of nitrogens with zero attached hydrogens (tertiary/aromatic N) is 4. The molecule has 2 aliphatic heterocycles. The molecule has 1 atom stereocenters. The molecule has 0 aliphatic carbocycles. The Morgan fingerprint density at radius 2 is 2.15 bits per heavy atom. The summed E-state index contributed by atoms with van der Waals surface area (Å²) in [7, 11) is 1.78. The van der Waals surface area contributed by atoms with Crippen molar-refractivity contribution in [2.75, 3.05) is 71.0 Å². The number of aliphatic imine (C=N–C) groups is 1. The quantitative estimate of drug-likeness (QED) is 0.579. The minimum atomic E-state index is 0.561. The number of likely N-dealkylation sites (tertiary alicyclic amines) is 1. The molecule has 0 saturated carbocycles. The average Bonchev–Trinajstić information content (AvgIpc) is 3.35. The molecule has 26 heavy (non-hydrogen) atoms. The van der Waals surface area contributed by atoms with E-state index < -0.39 is 0 Å². The summed E-state index contributed by atoms with van der Waals surface area (Å²) in [6, 6.07) is 4.91. The highest BCUT2D eigenvalue weighted by molar-refractivity contribution is 7.14. The molecule has 3 heterocycles. The molecular formula is C19H33N5OS. The van der Waals surface area contributed by atoms with E-state index in [1.54, 1.807) is 7.11 Å². The molecule has 0 amide bonds. The third kappa shape index (κ3) is 5.11. The van der Waals surface area contributed by atoms with E-state index in [9.17, 15) is 0 Å². The van der Waals surface area contributed by atoms with Gasteiger partial charge in [0.05, 0.1) is 18.2 Å². The van der Waals surface area contributed by atoms with Gasteiger partial charge in [-0.25, -0.2) is 0 Å². The summed E-state index contributed by atoms with van der Waals surface area (Å²) >= 11 is 1.83. The van der Waals surface area contributed by atoms with E-state index in [0.29, 0.717) is 6.04 Å². The minimum absolute atomic E-state index is 0.561. The molecule has 0 spiro atoms. The van der Waals surface area contributed by atoms with E-state index in [0.717, 1.165) is 58.4 Å². The Hall–Kier alpha value is -1.31. The van der Waals surface area contributed by atoms with E-state index in [1.165, 1.54) is 24.4 Å². The third-order valence-corrected chi connectivity index (χ3v) is 6.19. The maximum Gasteiger partial charge on any atom is 0.194 e. The zero-order valence-corrected chi connectivity index (χ0v) is 17.0. The lowest BCUT2D eigenvalue weighted by Gasteiger charge is -2.37. The highest BCUT2D eigenvalue weighted by atomic mass is 32.1. The number of methoxy groups -OCH3 is 1. The van der Waals surface area contributed by atoms with Crippen molar-refractivity contribution in [3.63, 3.8) is 0 Å². The van der Waals surface area contributed by atoms with Gasteiger partial charge in [0.1, 0.15) is 0 Å². The van der Waals surface area contributed by atoms with E-state index in [4.69, 9.17) is 9.73 Å². The van der Waals surface area contributed by atoms with Crippen molar-refractivity contribution in [3.8, 4) is 0 Å². The highest BCUT2D eigenvalue weighted by Gasteiger charge is 2.25. The van der Waals surface area contributed by atoms with Crippen molar-refractivity contribution >= 4 is 22.3 Å². The van der Waals surface area contributed by atoms with E-state index in [1.807, 2.05) is 11.3 Å². The molecule has 1 unspecified atom stereocenters. The van der Waals surface area contributed by atoms with E-state index in [2.05, 4.69) is 44.5 Å². The number of anilines is 1. The van der Waals surface area contributed by atoms with Gasteiger partial charge in [-0.05, 0) is 43.8 Å². The van der Waals surface area contributed by atoms with Crippen LogP contribution in [0.5, 0.6) is 0 Å². The maximum atomic E-state index is 5.25. The van der Waals surface area contributed by atoms with Gasteiger partial charge in [-0.2, -0.15) is 0 Å².